The van der Waals surface area contributed by atoms with Crippen molar-refractivity contribution in [3.63, 3.8) is 0 Å². The Morgan fingerprint density at radius 2 is 1.86 bits per heavy atom. The molecule has 0 bridgehead atoms. The van der Waals surface area contributed by atoms with Gasteiger partial charge >= 0.3 is 0 Å². The summed E-state index contributed by atoms with van der Waals surface area (Å²) in [4.78, 5) is 0. The van der Waals surface area contributed by atoms with Crippen LogP contribution in [0.5, 0.6) is 0 Å². The van der Waals surface area contributed by atoms with Crippen molar-refractivity contribution in [3.05, 3.63) is 83.5 Å². The van der Waals surface area contributed by atoms with Crippen molar-refractivity contribution in [1.82, 2.24) is 0 Å². The zero-order valence-corrected chi connectivity index (χ0v) is 23.8. The van der Waals surface area contributed by atoms with E-state index < -0.39 is 5.60 Å². The zero-order valence-electron chi connectivity index (χ0n) is 23.8. The van der Waals surface area contributed by atoms with Crippen LogP contribution in [0.1, 0.15) is 103 Å². The minimum absolute atomic E-state index is 0.203. The van der Waals surface area contributed by atoms with E-state index in [9.17, 15) is 10.2 Å². The quantitative estimate of drug-likeness (QED) is 0.349. The van der Waals surface area contributed by atoms with Gasteiger partial charge in [-0.3, -0.25) is 0 Å². The summed E-state index contributed by atoms with van der Waals surface area (Å²) in [5.41, 5.74) is 4.98. The van der Waals surface area contributed by atoms with Crippen molar-refractivity contribution in [2.75, 3.05) is 0 Å². The number of allylic oxidation sites excluding steroid dienone is 5. The molecule has 0 spiro atoms. The average Bonchev–Trinajstić information content (AvgIpc) is 3.26. The van der Waals surface area contributed by atoms with Crippen LogP contribution in [0.3, 0.4) is 0 Å². The monoisotopic (exact) mass is 502 g/mol. The van der Waals surface area contributed by atoms with Crippen molar-refractivity contribution in [2.24, 2.45) is 23.2 Å². The fourth-order valence-corrected chi connectivity index (χ4v) is 7.88. The second-order valence-electron chi connectivity index (χ2n) is 12.5. The Hall–Kier alpha value is -1.90. The summed E-state index contributed by atoms with van der Waals surface area (Å²) in [5.74, 6) is 2.21. The third-order valence-corrected chi connectivity index (χ3v) is 10.4. The Kier molecular flexibility index (Phi) is 9.02. The van der Waals surface area contributed by atoms with Crippen molar-refractivity contribution >= 4 is 0 Å². The summed E-state index contributed by atoms with van der Waals surface area (Å²) in [5, 5.41) is 21.3. The number of fused-ring (bicyclic) bond motifs is 1. The van der Waals surface area contributed by atoms with Gasteiger partial charge in [-0.1, -0.05) is 94.5 Å². The van der Waals surface area contributed by atoms with E-state index in [0.717, 1.165) is 31.6 Å². The Bertz CT molecular complexity index is 1010. The lowest BCUT2D eigenvalue weighted by atomic mass is 9.61. The number of hydrogen-bond acceptors (Lipinski definition) is 2. The summed E-state index contributed by atoms with van der Waals surface area (Å²) >= 11 is 0. The molecule has 202 valence electrons. The molecule has 0 radical (unpaired) electrons. The molecule has 1 aromatic carbocycles. The van der Waals surface area contributed by atoms with Gasteiger partial charge in [0.1, 0.15) is 0 Å². The molecule has 3 saturated carbocycles. The molecule has 2 heteroatoms. The topological polar surface area (TPSA) is 40.5 Å². The molecule has 0 amide bonds. The van der Waals surface area contributed by atoms with E-state index in [1.807, 2.05) is 0 Å². The molecule has 0 heterocycles. The van der Waals surface area contributed by atoms with Gasteiger partial charge in [0.05, 0.1) is 11.7 Å². The third kappa shape index (κ3) is 6.07. The maximum absolute atomic E-state index is 10.7. The summed E-state index contributed by atoms with van der Waals surface area (Å²) in [7, 11) is 0. The van der Waals surface area contributed by atoms with E-state index in [0.29, 0.717) is 23.7 Å². The van der Waals surface area contributed by atoms with Gasteiger partial charge in [0.2, 0.25) is 0 Å². The minimum Gasteiger partial charge on any atom is -0.393 e. The molecule has 6 unspecified atom stereocenters. The number of aliphatic hydroxyl groups excluding tert-OH is 1. The first-order valence-electron chi connectivity index (χ1n) is 14.9. The van der Waals surface area contributed by atoms with E-state index >= 15 is 0 Å². The lowest BCUT2D eigenvalue weighted by molar-refractivity contribution is 0.0813. The molecule has 3 aliphatic rings. The number of hydrogen-bond donors (Lipinski definition) is 2. The van der Waals surface area contributed by atoms with Crippen molar-refractivity contribution < 1.29 is 10.2 Å². The van der Waals surface area contributed by atoms with E-state index in [2.05, 4.69) is 88.9 Å². The molecule has 0 aliphatic heterocycles. The van der Waals surface area contributed by atoms with Gasteiger partial charge in [-0.15, -0.1) is 0 Å². The Labute approximate surface area is 226 Å². The first kappa shape index (κ1) is 28.1. The van der Waals surface area contributed by atoms with Gasteiger partial charge in [0.25, 0.3) is 0 Å². The Morgan fingerprint density at radius 3 is 2.57 bits per heavy atom. The van der Waals surface area contributed by atoms with Crippen LogP contribution >= 0.6 is 0 Å². The number of benzene rings is 1. The van der Waals surface area contributed by atoms with Crippen LogP contribution in [-0.4, -0.2) is 21.9 Å². The SMILES string of the molecule is C=C1C(=CC=C2CCCC3(C)C2CCC3C(C)CC=CC(O)(CC)CC)CC(O)CC1c1ccccc1. The summed E-state index contributed by atoms with van der Waals surface area (Å²) in [6.07, 6.45) is 19.2. The lowest BCUT2D eigenvalue weighted by Gasteiger charge is -2.44. The first-order chi connectivity index (χ1) is 17.7. The van der Waals surface area contributed by atoms with Crippen LogP contribution in [0.25, 0.3) is 0 Å². The zero-order chi connectivity index (χ0) is 26.6. The largest absolute Gasteiger partial charge is 0.393 e. The van der Waals surface area contributed by atoms with Gasteiger partial charge in [-0.05, 0) is 104 Å². The van der Waals surface area contributed by atoms with Crippen LogP contribution in [0.2, 0.25) is 0 Å². The van der Waals surface area contributed by atoms with Gasteiger partial charge in [0.15, 0.2) is 0 Å². The van der Waals surface area contributed by atoms with Crippen LogP contribution in [0, 0.1) is 23.2 Å². The molecule has 0 aromatic heterocycles. The summed E-state index contributed by atoms with van der Waals surface area (Å²) in [6.45, 7) is 13.6. The van der Waals surface area contributed by atoms with E-state index in [1.165, 1.54) is 48.8 Å². The maximum atomic E-state index is 10.7. The molecule has 3 aliphatic carbocycles. The highest BCUT2D eigenvalue weighted by molar-refractivity contribution is 5.44. The highest BCUT2D eigenvalue weighted by atomic mass is 16.3. The van der Waals surface area contributed by atoms with E-state index in [4.69, 9.17) is 0 Å². The molecule has 2 nitrogen and oxygen atoms in total. The lowest BCUT2D eigenvalue weighted by Crippen LogP contribution is -2.36. The number of rotatable bonds is 8. The summed E-state index contributed by atoms with van der Waals surface area (Å²) in [6, 6.07) is 10.5. The van der Waals surface area contributed by atoms with Crippen LogP contribution < -0.4 is 0 Å². The van der Waals surface area contributed by atoms with Gasteiger partial charge in [-0.2, -0.15) is 0 Å². The smallest absolute Gasteiger partial charge is 0.0822 e. The molecule has 4 rings (SSSR count). The molecule has 1 aromatic rings. The third-order valence-electron chi connectivity index (χ3n) is 10.4. The highest BCUT2D eigenvalue weighted by Crippen LogP contribution is 2.59. The Morgan fingerprint density at radius 1 is 1.14 bits per heavy atom. The molecule has 6 atom stereocenters. The molecule has 37 heavy (non-hydrogen) atoms. The van der Waals surface area contributed by atoms with Crippen LogP contribution in [-0.2, 0) is 0 Å². The van der Waals surface area contributed by atoms with Crippen molar-refractivity contribution in [3.8, 4) is 0 Å². The molecule has 3 fully saturated rings. The summed E-state index contributed by atoms with van der Waals surface area (Å²) < 4.78 is 0. The predicted molar refractivity (Wildman–Crippen MR) is 156 cm³/mol. The van der Waals surface area contributed by atoms with Crippen molar-refractivity contribution in [2.45, 2.75) is 110 Å². The normalized spacial score (nSPS) is 33.8. The minimum atomic E-state index is -0.647. The van der Waals surface area contributed by atoms with Gasteiger partial charge in [0, 0.05) is 5.92 Å². The van der Waals surface area contributed by atoms with Crippen molar-refractivity contribution in [1.29, 1.82) is 0 Å². The maximum Gasteiger partial charge on any atom is 0.0822 e. The predicted octanol–water partition coefficient (Wildman–Crippen LogP) is 8.68. The Balaban J connectivity index is 1.49. The highest BCUT2D eigenvalue weighted by Gasteiger charge is 2.50. The second kappa shape index (κ2) is 11.9. The van der Waals surface area contributed by atoms with Crippen LogP contribution in [0.15, 0.2) is 77.9 Å². The fourth-order valence-electron chi connectivity index (χ4n) is 7.88. The fraction of sp³-hybridized carbons (Fsp3) is 0.600. The standard InChI is InChI=1S/C35H50O2/c1-6-35(37,7-2)22-11-13-25(3)32-19-20-33-28(16-12-21-34(32,33)5)17-18-29-23-30(36)24-31(26(29)4)27-14-9-8-10-15-27/h8-11,14-15,17-18,22,25,30-33,36-37H,4,6-7,12-13,16,19-21,23-24H2,1-3,5H3. The molecule has 2 N–H and O–H groups in total. The molecule has 0 saturated heterocycles. The number of aliphatic hydroxyl groups is 2. The molecular weight excluding hydrogens is 452 g/mol. The molecular formula is C35H50O2. The van der Waals surface area contributed by atoms with Gasteiger partial charge in [-0.25, -0.2) is 0 Å². The van der Waals surface area contributed by atoms with Crippen LogP contribution in [0.4, 0.5) is 0 Å². The van der Waals surface area contributed by atoms with Gasteiger partial charge < -0.3 is 10.2 Å². The average molecular weight is 503 g/mol. The van der Waals surface area contributed by atoms with E-state index in [-0.39, 0.29) is 12.0 Å². The second-order valence-corrected chi connectivity index (χ2v) is 12.5. The van der Waals surface area contributed by atoms with E-state index in [1.54, 1.807) is 5.57 Å². The first-order valence-corrected chi connectivity index (χ1v) is 14.9.